The molecule has 1 spiro atoms. The number of nitrogens with one attached hydrogen (secondary N) is 1. The summed E-state index contributed by atoms with van der Waals surface area (Å²) in [4.78, 5) is 35.9. The van der Waals surface area contributed by atoms with Crippen molar-refractivity contribution < 1.29 is 14.3 Å². The van der Waals surface area contributed by atoms with Gasteiger partial charge in [-0.25, -0.2) is 14.8 Å². The molecule has 0 aromatic carbocycles. The van der Waals surface area contributed by atoms with Crippen molar-refractivity contribution in [3.05, 3.63) is 48.9 Å². The van der Waals surface area contributed by atoms with E-state index in [0.29, 0.717) is 11.6 Å². The van der Waals surface area contributed by atoms with E-state index in [1.165, 1.54) is 0 Å². The number of imidazole rings is 2. The van der Waals surface area contributed by atoms with Gasteiger partial charge in [-0.15, -0.1) is 0 Å². The third kappa shape index (κ3) is 4.19. The molecule has 9 heteroatoms. The van der Waals surface area contributed by atoms with Gasteiger partial charge in [0, 0.05) is 43.1 Å². The van der Waals surface area contributed by atoms with Crippen LogP contribution in [0.15, 0.2) is 43.1 Å². The first kappa shape index (κ1) is 21.5. The molecule has 2 fully saturated rings. The fourth-order valence-corrected chi connectivity index (χ4v) is 4.92. The van der Waals surface area contributed by atoms with Crippen molar-refractivity contribution in [3.8, 4) is 5.82 Å². The predicted octanol–water partition coefficient (Wildman–Crippen LogP) is 3.43. The van der Waals surface area contributed by atoms with Gasteiger partial charge in [0.25, 0.3) is 5.91 Å². The van der Waals surface area contributed by atoms with Crippen LogP contribution in [0.4, 0.5) is 4.79 Å². The molecule has 1 saturated carbocycles. The van der Waals surface area contributed by atoms with E-state index in [2.05, 4.69) is 15.3 Å². The summed E-state index contributed by atoms with van der Waals surface area (Å²) in [6, 6.07) is 5.86. The first-order valence-corrected chi connectivity index (χ1v) is 11.5. The summed E-state index contributed by atoms with van der Waals surface area (Å²) in [6.45, 7) is 7.13. The van der Waals surface area contributed by atoms with Crippen molar-refractivity contribution in [2.24, 2.45) is 5.41 Å². The number of hydrogen-bond donors (Lipinski definition) is 1. The van der Waals surface area contributed by atoms with Gasteiger partial charge in [-0.05, 0) is 58.6 Å². The van der Waals surface area contributed by atoms with Crippen LogP contribution in [0.1, 0.15) is 57.1 Å². The third-order valence-corrected chi connectivity index (χ3v) is 6.57. The molecule has 174 valence electrons. The Kier molecular flexibility index (Phi) is 5.14. The Morgan fingerprint density at radius 2 is 1.91 bits per heavy atom. The Balaban J connectivity index is 1.21. The van der Waals surface area contributed by atoms with Gasteiger partial charge in [0.1, 0.15) is 11.9 Å². The Morgan fingerprint density at radius 1 is 1.15 bits per heavy atom. The van der Waals surface area contributed by atoms with Crippen LogP contribution < -0.4 is 5.32 Å². The Hall–Kier alpha value is -3.36. The maximum absolute atomic E-state index is 13.1. The fraction of sp³-hybridized carbons (Fsp3) is 0.500. The molecule has 4 heterocycles. The summed E-state index contributed by atoms with van der Waals surface area (Å²) in [5.74, 6) is 0.874. The Morgan fingerprint density at radius 3 is 2.58 bits per heavy atom. The van der Waals surface area contributed by atoms with E-state index >= 15 is 0 Å². The molecule has 0 unspecified atom stereocenters. The summed E-state index contributed by atoms with van der Waals surface area (Å²) in [6.07, 6.45) is 10.6. The van der Waals surface area contributed by atoms with Crippen LogP contribution in [-0.4, -0.2) is 60.6 Å². The molecule has 1 N–H and O–H groups in total. The van der Waals surface area contributed by atoms with Gasteiger partial charge < -0.3 is 15.0 Å². The molecule has 5 rings (SSSR count). The van der Waals surface area contributed by atoms with Gasteiger partial charge in [-0.3, -0.25) is 13.8 Å². The monoisotopic (exact) mass is 450 g/mol. The second-order valence-electron chi connectivity index (χ2n) is 10.3. The number of pyridine rings is 1. The van der Waals surface area contributed by atoms with Gasteiger partial charge in [-0.2, -0.15) is 0 Å². The van der Waals surface area contributed by atoms with Crippen LogP contribution in [0.2, 0.25) is 0 Å². The highest BCUT2D eigenvalue weighted by atomic mass is 16.6. The van der Waals surface area contributed by atoms with Gasteiger partial charge in [0.05, 0.1) is 5.52 Å². The van der Waals surface area contributed by atoms with Crippen LogP contribution in [0, 0.1) is 5.41 Å². The zero-order valence-electron chi connectivity index (χ0n) is 19.3. The van der Waals surface area contributed by atoms with Gasteiger partial charge in [0.15, 0.2) is 5.82 Å². The standard InChI is InChI=1S/C24H30N6O3/c1-23(2,3)33-22(32)29-14-24(15-29)9-7-17(8-10-24)26-21(31)20-27-19(28-13-11-25-16-28)18-6-4-5-12-30(18)20/h4-6,11-13,16-17H,7-10,14-15H2,1-3H3,(H,26,31). The number of aromatic nitrogens is 4. The summed E-state index contributed by atoms with van der Waals surface area (Å²) >= 11 is 0. The van der Waals surface area contributed by atoms with Crippen LogP contribution in [0.25, 0.3) is 11.3 Å². The van der Waals surface area contributed by atoms with Crippen molar-refractivity contribution in [1.82, 2.24) is 29.2 Å². The normalized spacial score (nSPS) is 18.3. The molecule has 2 amide bonds. The summed E-state index contributed by atoms with van der Waals surface area (Å²) in [5, 5.41) is 3.18. The third-order valence-electron chi connectivity index (χ3n) is 6.57. The van der Waals surface area contributed by atoms with E-state index in [-0.39, 0.29) is 23.5 Å². The topological polar surface area (TPSA) is 93.8 Å². The molecule has 3 aromatic heterocycles. The van der Waals surface area contributed by atoms with Crippen molar-refractivity contribution in [3.63, 3.8) is 0 Å². The van der Waals surface area contributed by atoms with Gasteiger partial charge in [0.2, 0.25) is 5.82 Å². The van der Waals surface area contributed by atoms with E-state index in [0.717, 1.165) is 44.3 Å². The van der Waals surface area contributed by atoms with E-state index in [1.54, 1.807) is 17.4 Å². The molecule has 33 heavy (non-hydrogen) atoms. The second-order valence-corrected chi connectivity index (χ2v) is 10.3. The molecular formula is C24H30N6O3. The highest BCUT2D eigenvalue weighted by Gasteiger charge is 2.48. The SMILES string of the molecule is CC(C)(C)OC(=O)N1CC2(CCC(NC(=O)c3nc(-n4ccnc4)c4ccccn34)CC2)C1. The minimum Gasteiger partial charge on any atom is -0.444 e. The van der Waals surface area contributed by atoms with Crippen LogP contribution in [0.5, 0.6) is 0 Å². The summed E-state index contributed by atoms with van der Waals surface area (Å²) < 4.78 is 9.11. The average molecular weight is 451 g/mol. The molecule has 3 aromatic rings. The number of carbonyl (C=O) groups is 2. The minimum atomic E-state index is -0.476. The number of amides is 2. The fourth-order valence-electron chi connectivity index (χ4n) is 4.92. The molecule has 0 atom stereocenters. The molecular weight excluding hydrogens is 420 g/mol. The van der Waals surface area contributed by atoms with Crippen LogP contribution in [-0.2, 0) is 4.74 Å². The Labute approximate surface area is 192 Å². The zero-order chi connectivity index (χ0) is 23.2. The lowest BCUT2D eigenvalue weighted by Gasteiger charge is -2.53. The largest absolute Gasteiger partial charge is 0.444 e. The molecule has 1 aliphatic carbocycles. The highest BCUT2D eigenvalue weighted by Crippen LogP contribution is 2.44. The highest BCUT2D eigenvalue weighted by molar-refractivity contribution is 5.93. The van der Waals surface area contributed by atoms with Crippen LogP contribution in [0.3, 0.4) is 0 Å². The second kappa shape index (κ2) is 7.90. The smallest absolute Gasteiger partial charge is 0.410 e. The van der Waals surface area contributed by atoms with Gasteiger partial charge in [-0.1, -0.05) is 6.07 Å². The Bertz CT molecular complexity index is 1160. The summed E-state index contributed by atoms with van der Waals surface area (Å²) in [7, 11) is 0. The average Bonchev–Trinajstić information content (AvgIpc) is 3.39. The van der Waals surface area contributed by atoms with Crippen molar-refractivity contribution in [2.45, 2.75) is 58.1 Å². The number of fused-ring (bicyclic) bond motifs is 1. The maximum Gasteiger partial charge on any atom is 0.410 e. The van der Waals surface area contributed by atoms with E-state index < -0.39 is 5.60 Å². The predicted molar refractivity (Wildman–Crippen MR) is 122 cm³/mol. The molecule has 1 aliphatic heterocycles. The maximum atomic E-state index is 13.1. The quantitative estimate of drug-likeness (QED) is 0.660. The summed E-state index contributed by atoms with van der Waals surface area (Å²) in [5.41, 5.74) is 0.531. The first-order chi connectivity index (χ1) is 15.7. The molecule has 9 nitrogen and oxygen atoms in total. The number of carbonyl (C=O) groups excluding carboxylic acids is 2. The van der Waals surface area contributed by atoms with Gasteiger partial charge >= 0.3 is 6.09 Å². The molecule has 0 bridgehead atoms. The number of rotatable bonds is 3. The molecule has 2 aliphatic rings. The van der Waals surface area contributed by atoms with Crippen molar-refractivity contribution >= 4 is 17.5 Å². The molecule has 0 radical (unpaired) electrons. The first-order valence-electron chi connectivity index (χ1n) is 11.5. The minimum absolute atomic E-state index is 0.103. The van der Waals surface area contributed by atoms with E-state index in [4.69, 9.17) is 4.74 Å². The van der Waals surface area contributed by atoms with E-state index in [1.807, 2.05) is 60.3 Å². The number of hydrogen-bond acceptors (Lipinski definition) is 5. The lowest BCUT2D eigenvalue weighted by Crippen LogP contribution is -2.61. The van der Waals surface area contributed by atoms with E-state index in [9.17, 15) is 9.59 Å². The zero-order valence-corrected chi connectivity index (χ0v) is 19.3. The number of nitrogens with zero attached hydrogens (tertiary/aromatic N) is 5. The lowest BCUT2D eigenvalue weighted by atomic mass is 9.67. The lowest BCUT2D eigenvalue weighted by molar-refractivity contribution is -0.0512. The van der Waals surface area contributed by atoms with Crippen LogP contribution >= 0.6 is 0 Å². The number of ether oxygens (including phenoxy) is 1. The number of likely N-dealkylation sites (tertiary alicyclic amines) is 1. The van der Waals surface area contributed by atoms with Crippen molar-refractivity contribution in [2.75, 3.05) is 13.1 Å². The molecule has 1 saturated heterocycles. The van der Waals surface area contributed by atoms with Crippen molar-refractivity contribution in [1.29, 1.82) is 0 Å².